The minimum Gasteiger partial charge on any atom is -0.368 e. The smallest absolute Gasteiger partial charge is 0.269 e. The highest BCUT2D eigenvalue weighted by atomic mass is 16.6. The number of anilines is 1. The molecule has 2 saturated heterocycles. The number of piperidine rings is 1. The summed E-state index contributed by atoms with van der Waals surface area (Å²) in [6.07, 6.45) is 4.77. The van der Waals surface area contributed by atoms with E-state index in [0.29, 0.717) is 38.0 Å². The molecule has 2 atom stereocenters. The molecule has 4 heterocycles. The van der Waals surface area contributed by atoms with E-state index in [2.05, 4.69) is 15.9 Å². The van der Waals surface area contributed by atoms with Crippen molar-refractivity contribution in [2.24, 2.45) is 5.92 Å². The molecule has 5 rings (SSSR count). The Morgan fingerprint density at radius 1 is 1.03 bits per heavy atom. The first-order chi connectivity index (χ1) is 16.5. The van der Waals surface area contributed by atoms with E-state index in [4.69, 9.17) is 0 Å². The zero-order valence-corrected chi connectivity index (χ0v) is 19.1. The molecule has 0 aliphatic carbocycles. The normalized spacial score (nSPS) is 22.6. The lowest BCUT2D eigenvalue weighted by atomic mass is 9.83. The van der Waals surface area contributed by atoms with Crippen molar-refractivity contribution < 1.29 is 9.72 Å². The third kappa shape index (κ3) is 4.61. The second-order valence-corrected chi connectivity index (χ2v) is 9.40. The van der Waals surface area contributed by atoms with Gasteiger partial charge in [-0.1, -0.05) is 12.1 Å². The van der Waals surface area contributed by atoms with Gasteiger partial charge in [0.05, 0.1) is 4.92 Å². The maximum absolute atomic E-state index is 12.7. The average Bonchev–Trinajstić information content (AvgIpc) is 2.85. The first kappa shape index (κ1) is 22.3. The number of hydrogen-bond acceptors (Lipinski definition) is 6. The number of piperazine rings is 1. The lowest BCUT2D eigenvalue weighted by Crippen LogP contribution is -2.48. The highest BCUT2D eigenvalue weighted by molar-refractivity contribution is 5.87. The molecular formula is C25H29N5O4. The highest BCUT2D eigenvalue weighted by Crippen LogP contribution is 2.34. The molecule has 1 aromatic carbocycles. The molecule has 0 spiro atoms. The third-order valence-electron chi connectivity index (χ3n) is 7.20. The standard InChI is InChI=1S/C25H29N5O4/c31-24(28-13-11-27(12-14-28)21-6-8-22(9-7-21)30(33)34)5-2-10-26-16-19-15-20(18-26)23-3-1-4-25(32)29(23)17-19/h1-9,19-20H,10-18H2. The van der Waals surface area contributed by atoms with Crippen molar-refractivity contribution in [2.45, 2.75) is 18.9 Å². The summed E-state index contributed by atoms with van der Waals surface area (Å²) in [7, 11) is 0. The van der Waals surface area contributed by atoms with Gasteiger partial charge in [-0.05, 0) is 30.5 Å². The summed E-state index contributed by atoms with van der Waals surface area (Å²) in [4.78, 5) is 41.7. The van der Waals surface area contributed by atoms with Gasteiger partial charge in [0.15, 0.2) is 0 Å². The summed E-state index contributed by atoms with van der Waals surface area (Å²) in [5.74, 6) is 0.874. The Morgan fingerprint density at radius 3 is 2.53 bits per heavy atom. The molecule has 0 radical (unpaired) electrons. The van der Waals surface area contributed by atoms with E-state index in [1.54, 1.807) is 24.3 Å². The zero-order chi connectivity index (χ0) is 23.7. The number of likely N-dealkylation sites (tertiary alicyclic amines) is 1. The van der Waals surface area contributed by atoms with Crippen molar-refractivity contribution in [1.29, 1.82) is 0 Å². The van der Waals surface area contributed by atoms with Crippen LogP contribution in [0.1, 0.15) is 18.0 Å². The van der Waals surface area contributed by atoms with Crippen molar-refractivity contribution in [3.05, 3.63) is 80.8 Å². The number of carbonyl (C=O) groups excluding carboxylic acids is 1. The van der Waals surface area contributed by atoms with Gasteiger partial charge in [-0.15, -0.1) is 0 Å². The number of hydrogen-bond donors (Lipinski definition) is 0. The van der Waals surface area contributed by atoms with E-state index in [0.717, 1.165) is 44.0 Å². The van der Waals surface area contributed by atoms with Gasteiger partial charge in [-0.2, -0.15) is 0 Å². The Balaban J connectivity index is 1.11. The van der Waals surface area contributed by atoms with Crippen LogP contribution in [0.4, 0.5) is 11.4 Å². The molecule has 1 amide bonds. The second-order valence-electron chi connectivity index (χ2n) is 9.40. The van der Waals surface area contributed by atoms with E-state index in [1.807, 2.05) is 21.6 Å². The fourth-order valence-electron chi connectivity index (χ4n) is 5.52. The summed E-state index contributed by atoms with van der Waals surface area (Å²) in [5.41, 5.74) is 2.25. The Hall–Kier alpha value is -3.46. The maximum Gasteiger partial charge on any atom is 0.269 e. The Labute approximate surface area is 198 Å². The molecule has 0 saturated carbocycles. The predicted octanol–water partition coefficient (Wildman–Crippen LogP) is 2.08. The van der Waals surface area contributed by atoms with Gasteiger partial charge in [0.1, 0.15) is 0 Å². The molecule has 3 aliphatic rings. The summed E-state index contributed by atoms with van der Waals surface area (Å²) >= 11 is 0. The van der Waals surface area contributed by atoms with Crippen LogP contribution in [0.2, 0.25) is 0 Å². The summed E-state index contributed by atoms with van der Waals surface area (Å²) in [6.45, 7) is 6.02. The second kappa shape index (κ2) is 9.42. The number of amides is 1. The average molecular weight is 464 g/mol. The van der Waals surface area contributed by atoms with Crippen LogP contribution < -0.4 is 10.5 Å². The molecule has 3 aliphatic heterocycles. The molecule has 2 unspecified atom stereocenters. The van der Waals surface area contributed by atoms with E-state index in [-0.39, 0.29) is 17.2 Å². The van der Waals surface area contributed by atoms with Crippen molar-refractivity contribution in [1.82, 2.24) is 14.4 Å². The summed E-state index contributed by atoms with van der Waals surface area (Å²) in [6, 6.07) is 12.1. The first-order valence-electron chi connectivity index (χ1n) is 11.8. The van der Waals surface area contributed by atoms with Crippen LogP contribution in [-0.2, 0) is 11.3 Å². The van der Waals surface area contributed by atoms with E-state index in [9.17, 15) is 19.7 Å². The number of nitro benzene ring substituents is 1. The molecule has 2 fully saturated rings. The number of nitro groups is 1. The van der Waals surface area contributed by atoms with Crippen LogP contribution in [0.15, 0.2) is 59.4 Å². The number of carbonyl (C=O) groups is 1. The largest absolute Gasteiger partial charge is 0.368 e. The number of rotatable bonds is 5. The Morgan fingerprint density at radius 2 is 1.79 bits per heavy atom. The molecule has 9 nitrogen and oxygen atoms in total. The first-order valence-corrected chi connectivity index (χ1v) is 11.8. The van der Waals surface area contributed by atoms with Crippen molar-refractivity contribution in [2.75, 3.05) is 50.7 Å². The summed E-state index contributed by atoms with van der Waals surface area (Å²) < 4.78 is 1.94. The number of non-ortho nitro benzene ring substituents is 1. The van der Waals surface area contributed by atoms with Crippen molar-refractivity contribution in [3.8, 4) is 0 Å². The van der Waals surface area contributed by atoms with Crippen LogP contribution in [0.5, 0.6) is 0 Å². The number of nitrogens with zero attached hydrogens (tertiary/aromatic N) is 5. The number of fused-ring (bicyclic) bond motifs is 4. The van der Waals surface area contributed by atoms with Gasteiger partial charge in [-0.3, -0.25) is 24.6 Å². The molecule has 34 heavy (non-hydrogen) atoms. The molecule has 0 N–H and O–H groups in total. The third-order valence-corrected chi connectivity index (χ3v) is 7.20. The summed E-state index contributed by atoms with van der Waals surface area (Å²) in [5, 5.41) is 10.8. The quantitative estimate of drug-likeness (QED) is 0.383. The maximum atomic E-state index is 12.7. The SMILES string of the molecule is O=C(C=CCN1CC2CC(C1)c1cccc(=O)n1C2)N1CCN(c2ccc([N+](=O)[O-])cc2)CC1. The minimum absolute atomic E-state index is 0.0254. The van der Waals surface area contributed by atoms with Crippen LogP contribution in [0.25, 0.3) is 0 Å². The van der Waals surface area contributed by atoms with Gasteiger partial charge in [0, 0.05) is 93.9 Å². The Kier molecular flexibility index (Phi) is 6.19. The molecule has 2 aromatic rings. The van der Waals surface area contributed by atoms with Crippen molar-refractivity contribution >= 4 is 17.3 Å². The lowest BCUT2D eigenvalue weighted by Gasteiger charge is -2.42. The minimum atomic E-state index is -0.400. The van der Waals surface area contributed by atoms with Gasteiger partial charge in [-0.25, -0.2) is 0 Å². The highest BCUT2D eigenvalue weighted by Gasteiger charge is 2.34. The number of pyridine rings is 1. The Bertz CT molecular complexity index is 1150. The topological polar surface area (TPSA) is 91.9 Å². The van der Waals surface area contributed by atoms with E-state index in [1.165, 1.54) is 12.1 Å². The van der Waals surface area contributed by atoms with Gasteiger partial charge in [0.25, 0.3) is 11.2 Å². The van der Waals surface area contributed by atoms with Gasteiger partial charge < -0.3 is 14.4 Å². The van der Waals surface area contributed by atoms with Crippen LogP contribution in [-0.4, -0.2) is 71.0 Å². The van der Waals surface area contributed by atoms with Gasteiger partial charge >= 0.3 is 0 Å². The molecule has 1 aromatic heterocycles. The number of aromatic nitrogens is 1. The zero-order valence-electron chi connectivity index (χ0n) is 19.1. The number of benzene rings is 1. The van der Waals surface area contributed by atoms with Crippen LogP contribution in [0.3, 0.4) is 0 Å². The molecule has 178 valence electrons. The van der Waals surface area contributed by atoms with Crippen molar-refractivity contribution in [3.63, 3.8) is 0 Å². The molecule has 9 heteroatoms. The van der Waals surface area contributed by atoms with E-state index < -0.39 is 4.92 Å². The fourth-order valence-corrected chi connectivity index (χ4v) is 5.52. The molecular weight excluding hydrogens is 434 g/mol. The van der Waals surface area contributed by atoms with E-state index >= 15 is 0 Å². The molecule has 2 bridgehead atoms. The fraction of sp³-hybridized carbons (Fsp3) is 0.440. The predicted molar refractivity (Wildman–Crippen MR) is 129 cm³/mol. The van der Waals surface area contributed by atoms with Gasteiger partial charge in [0.2, 0.25) is 5.91 Å². The lowest BCUT2D eigenvalue weighted by molar-refractivity contribution is -0.384. The van der Waals surface area contributed by atoms with Crippen LogP contribution >= 0.6 is 0 Å². The monoisotopic (exact) mass is 463 g/mol. The van der Waals surface area contributed by atoms with Crippen LogP contribution in [0, 0.1) is 16.0 Å².